The van der Waals surface area contributed by atoms with Gasteiger partial charge in [-0.3, -0.25) is 0 Å². The zero-order chi connectivity index (χ0) is 18.6. The van der Waals surface area contributed by atoms with Crippen LogP contribution in [0, 0.1) is 0 Å². The monoisotopic (exact) mass is 368 g/mol. The van der Waals surface area contributed by atoms with Crippen LogP contribution in [0.1, 0.15) is 56.9 Å². The van der Waals surface area contributed by atoms with Gasteiger partial charge in [0, 0.05) is 0 Å². The van der Waals surface area contributed by atoms with E-state index in [2.05, 4.69) is 12.1 Å². The van der Waals surface area contributed by atoms with Crippen LogP contribution in [-0.2, 0) is 11.3 Å². The Morgan fingerprint density at radius 1 is 0.704 bits per heavy atom. The molecule has 0 saturated carbocycles. The standard InChI is InChI=1S/C24H32O3/c1(2-4-9-13-24-20-27-24)3-5-10-18-25-22-14-16-23(17-15-22)26-19-21-11-7-6-8-12-21/h6-8,11-12,14-17,24H,1-5,9-10,13,18-20H2. The highest BCUT2D eigenvalue weighted by atomic mass is 16.6. The Labute approximate surface area is 163 Å². The van der Waals surface area contributed by atoms with Gasteiger partial charge in [-0.2, -0.15) is 0 Å². The normalized spacial score (nSPS) is 15.5. The summed E-state index contributed by atoms with van der Waals surface area (Å²) in [5, 5.41) is 0. The van der Waals surface area contributed by atoms with Crippen LogP contribution in [0.3, 0.4) is 0 Å². The zero-order valence-electron chi connectivity index (χ0n) is 16.3. The summed E-state index contributed by atoms with van der Waals surface area (Å²) >= 11 is 0. The maximum absolute atomic E-state index is 5.83. The minimum Gasteiger partial charge on any atom is -0.494 e. The van der Waals surface area contributed by atoms with Gasteiger partial charge < -0.3 is 14.2 Å². The third kappa shape index (κ3) is 8.49. The number of benzene rings is 2. The second kappa shape index (κ2) is 11.7. The minimum absolute atomic E-state index is 0.593. The van der Waals surface area contributed by atoms with Crippen molar-refractivity contribution in [2.45, 2.75) is 64.1 Å². The number of hydrogen-bond acceptors (Lipinski definition) is 3. The molecular formula is C24H32O3. The molecule has 1 atom stereocenters. The van der Waals surface area contributed by atoms with E-state index in [-0.39, 0.29) is 0 Å². The van der Waals surface area contributed by atoms with Gasteiger partial charge in [-0.15, -0.1) is 0 Å². The lowest BCUT2D eigenvalue weighted by atomic mass is 10.1. The molecule has 146 valence electrons. The Bertz CT molecular complexity index is 620. The maximum atomic E-state index is 5.83. The fourth-order valence-corrected chi connectivity index (χ4v) is 3.16. The third-order valence-electron chi connectivity index (χ3n) is 4.91. The van der Waals surface area contributed by atoms with Crippen LogP contribution in [0.4, 0.5) is 0 Å². The molecule has 2 aromatic rings. The predicted molar refractivity (Wildman–Crippen MR) is 109 cm³/mol. The molecule has 0 radical (unpaired) electrons. The van der Waals surface area contributed by atoms with E-state index in [0.29, 0.717) is 12.7 Å². The van der Waals surface area contributed by atoms with Crippen molar-refractivity contribution in [3.63, 3.8) is 0 Å². The van der Waals surface area contributed by atoms with E-state index in [1.807, 2.05) is 42.5 Å². The van der Waals surface area contributed by atoms with Gasteiger partial charge in [0.2, 0.25) is 0 Å². The van der Waals surface area contributed by atoms with Gasteiger partial charge in [-0.05, 0) is 42.7 Å². The van der Waals surface area contributed by atoms with Crippen LogP contribution < -0.4 is 9.47 Å². The lowest BCUT2D eigenvalue weighted by Gasteiger charge is -2.09. The molecule has 27 heavy (non-hydrogen) atoms. The third-order valence-corrected chi connectivity index (χ3v) is 4.91. The second-order valence-electron chi connectivity index (χ2n) is 7.31. The zero-order valence-corrected chi connectivity index (χ0v) is 16.3. The van der Waals surface area contributed by atoms with Crippen LogP contribution in [0.5, 0.6) is 11.5 Å². The van der Waals surface area contributed by atoms with Crippen LogP contribution in [0.25, 0.3) is 0 Å². The van der Waals surface area contributed by atoms with Crippen molar-refractivity contribution in [3.8, 4) is 11.5 Å². The van der Waals surface area contributed by atoms with Crippen LogP contribution in [0.15, 0.2) is 54.6 Å². The highest BCUT2D eigenvalue weighted by Gasteiger charge is 2.20. The SMILES string of the molecule is c1ccc(COc2ccc(OCCCCCCCCCC3CO3)cc2)cc1. The summed E-state index contributed by atoms with van der Waals surface area (Å²) in [5.74, 6) is 1.80. The topological polar surface area (TPSA) is 31.0 Å². The molecule has 0 amide bonds. The average molecular weight is 369 g/mol. The maximum Gasteiger partial charge on any atom is 0.120 e. The van der Waals surface area contributed by atoms with Crippen molar-refractivity contribution >= 4 is 0 Å². The Kier molecular flexibility index (Phi) is 8.53. The molecule has 0 aliphatic carbocycles. The number of ether oxygens (including phenoxy) is 3. The van der Waals surface area contributed by atoms with Gasteiger partial charge >= 0.3 is 0 Å². The highest BCUT2D eigenvalue weighted by Crippen LogP contribution is 2.20. The fraction of sp³-hybridized carbons (Fsp3) is 0.500. The number of hydrogen-bond donors (Lipinski definition) is 0. The van der Waals surface area contributed by atoms with Gasteiger partial charge in [-0.25, -0.2) is 0 Å². The van der Waals surface area contributed by atoms with E-state index in [1.165, 1.54) is 50.5 Å². The van der Waals surface area contributed by atoms with Gasteiger partial charge in [-0.1, -0.05) is 68.9 Å². The van der Waals surface area contributed by atoms with Crippen LogP contribution in [-0.4, -0.2) is 19.3 Å². The highest BCUT2D eigenvalue weighted by molar-refractivity contribution is 5.31. The smallest absolute Gasteiger partial charge is 0.120 e. The molecule has 1 aliphatic heterocycles. The molecular weight excluding hydrogens is 336 g/mol. The summed E-state index contributed by atoms with van der Waals surface area (Å²) in [7, 11) is 0. The molecule has 1 heterocycles. The number of rotatable bonds is 14. The largest absolute Gasteiger partial charge is 0.494 e. The van der Waals surface area contributed by atoms with E-state index < -0.39 is 0 Å². The summed E-state index contributed by atoms with van der Waals surface area (Å²) in [6, 6.07) is 18.1. The van der Waals surface area contributed by atoms with E-state index >= 15 is 0 Å². The van der Waals surface area contributed by atoms with E-state index in [4.69, 9.17) is 14.2 Å². The van der Waals surface area contributed by atoms with Crippen LogP contribution in [0.2, 0.25) is 0 Å². The molecule has 0 spiro atoms. The van der Waals surface area contributed by atoms with Crippen LogP contribution >= 0.6 is 0 Å². The summed E-state index contributed by atoms with van der Waals surface area (Å²) in [5.41, 5.74) is 1.18. The van der Waals surface area contributed by atoms with E-state index in [9.17, 15) is 0 Å². The first-order valence-electron chi connectivity index (χ1n) is 10.4. The molecule has 1 saturated heterocycles. The number of epoxide rings is 1. The second-order valence-corrected chi connectivity index (χ2v) is 7.31. The average Bonchev–Trinajstić information content (AvgIpc) is 3.54. The Morgan fingerprint density at radius 2 is 1.30 bits per heavy atom. The van der Waals surface area contributed by atoms with Gasteiger partial charge in [0.05, 0.1) is 19.3 Å². The molecule has 0 N–H and O–H groups in total. The number of unbranched alkanes of at least 4 members (excludes halogenated alkanes) is 6. The lowest BCUT2D eigenvalue weighted by Crippen LogP contribution is -1.98. The first kappa shape index (κ1) is 19.8. The van der Waals surface area contributed by atoms with Crippen molar-refractivity contribution in [1.29, 1.82) is 0 Å². The molecule has 3 nitrogen and oxygen atoms in total. The first-order chi connectivity index (χ1) is 13.4. The van der Waals surface area contributed by atoms with Gasteiger partial charge in [0.25, 0.3) is 0 Å². The summed E-state index contributed by atoms with van der Waals surface area (Å²) < 4.78 is 16.9. The Balaban J connectivity index is 1.18. The van der Waals surface area contributed by atoms with E-state index in [0.717, 1.165) is 31.1 Å². The molecule has 0 aromatic heterocycles. The molecule has 2 aromatic carbocycles. The van der Waals surface area contributed by atoms with Crippen molar-refractivity contribution in [3.05, 3.63) is 60.2 Å². The molecule has 0 bridgehead atoms. The van der Waals surface area contributed by atoms with Gasteiger partial charge in [0.15, 0.2) is 0 Å². The molecule has 1 aliphatic rings. The quantitative estimate of drug-likeness (QED) is 0.295. The van der Waals surface area contributed by atoms with Crippen molar-refractivity contribution in [2.24, 2.45) is 0 Å². The van der Waals surface area contributed by atoms with Crippen molar-refractivity contribution < 1.29 is 14.2 Å². The van der Waals surface area contributed by atoms with Crippen molar-refractivity contribution in [1.82, 2.24) is 0 Å². The van der Waals surface area contributed by atoms with E-state index in [1.54, 1.807) is 0 Å². The van der Waals surface area contributed by atoms with Crippen molar-refractivity contribution in [2.75, 3.05) is 13.2 Å². The minimum atomic E-state index is 0.593. The predicted octanol–water partition coefficient (Wildman–Crippen LogP) is 6.16. The molecule has 3 rings (SSSR count). The first-order valence-corrected chi connectivity index (χ1v) is 10.4. The Hall–Kier alpha value is -2.00. The lowest BCUT2D eigenvalue weighted by molar-refractivity contribution is 0.296. The summed E-state index contributed by atoms with van der Waals surface area (Å²) in [6.45, 7) is 2.39. The molecule has 1 unspecified atom stereocenters. The summed E-state index contributed by atoms with van der Waals surface area (Å²) in [4.78, 5) is 0. The molecule has 3 heteroatoms. The Morgan fingerprint density at radius 3 is 1.96 bits per heavy atom. The molecule has 1 fully saturated rings. The fourth-order valence-electron chi connectivity index (χ4n) is 3.16. The van der Waals surface area contributed by atoms with Gasteiger partial charge in [0.1, 0.15) is 18.1 Å². The summed E-state index contributed by atoms with van der Waals surface area (Å²) in [6.07, 6.45) is 11.0.